The smallest absolute Gasteiger partial charge is 0.255 e. The van der Waals surface area contributed by atoms with E-state index in [4.69, 9.17) is 18.0 Å². The number of aryl methyl sites for hydroxylation is 2. The van der Waals surface area contributed by atoms with Crippen molar-refractivity contribution in [3.8, 4) is 0 Å². The molecule has 0 aromatic heterocycles. The predicted octanol–water partition coefficient (Wildman–Crippen LogP) is 3.19. The van der Waals surface area contributed by atoms with Crippen LogP contribution in [0.1, 0.15) is 27.0 Å². The van der Waals surface area contributed by atoms with E-state index in [9.17, 15) is 4.79 Å². The SMILES string of the molecule is Cc1cccc(C)c1NC(=O)c1cccc(C(N)=S)c1. The number of nitrogens with two attached hydrogens (primary N) is 1. The molecule has 102 valence electrons. The molecule has 0 radical (unpaired) electrons. The first kappa shape index (κ1) is 14.2. The van der Waals surface area contributed by atoms with Gasteiger partial charge in [0.05, 0.1) is 0 Å². The van der Waals surface area contributed by atoms with Gasteiger partial charge in [-0.2, -0.15) is 0 Å². The van der Waals surface area contributed by atoms with E-state index in [-0.39, 0.29) is 10.9 Å². The summed E-state index contributed by atoms with van der Waals surface area (Å²) < 4.78 is 0. The highest BCUT2D eigenvalue weighted by molar-refractivity contribution is 7.80. The van der Waals surface area contributed by atoms with E-state index in [1.54, 1.807) is 24.3 Å². The van der Waals surface area contributed by atoms with Gasteiger partial charge in [-0.3, -0.25) is 4.79 Å². The highest BCUT2D eigenvalue weighted by Gasteiger charge is 2.10. The van der Waals surface area contributed by atoms with Crippen molar-refractivity contribution < 1.29 is 4.79 Å². The summed E-state index contributed by atoms with van der Waals surface area (Å²) in [7, 11) is 0. The van der Waals surface area contributed by atoms with Crippen molar-refractivity contribution in [3.63, 3.8) is 0 Å². The van der Waals surface area contributed by atoms with Gasteiger partial charge in [-0.1, -0.05) is 42.5 Å². The Morgan fingerprint density at radius 3 is 2.20 bits per heavy atom. The van der Waals surface area contributed by atoms with Gasteiger partial charge in [0.15, 0.2) is 0 Å². The molecule has 1 amide bonds. The maximum Gasteiger partial charge on any atom is 0.255 e. The lowest BCUT2D eigenvalue weighted by molar-refractivity contribution is 0.102. The van der Waals surface area contributed by atoms with E-state index < -0.39 is 0 Å². The Balaban J connectivity index is 2.29. The van der Waals surface area contributed by atoms with Crippen molar-refractivity contribution in [2.24, 2.45) is 5.73 Å². The summed E-state index contributed by atoms with van der Waals surface area (Å²) >= 11 is 4.93. The minimum atomic E-state index is -0.166. The quantitative estimate of drug-likeness (QED) is 0.851. The molecule has 0 heterocycles. The second-order valence-corrected chi connectivity index (χ2v) is 5.11. The van der Waals surface area contributed by atoms with Crippen LogP contribution in [0.5, 0.6) is 0 Å². The Morgan fingerprint density at radius 2 is 1.60 bits per heavy atom. The lowest BCUT2D eigenvalue weighted by atomic mass is 10.1. The van der Waals surface area contributed by atoms with Crippen molar-refractivity contribution in [2.45, 2.75) is 13.8 Å². The molecule has 0 saturated carbocycles. The van der Waals surface area contributed by atoms with Gasteiger partial charge in [0.2, 0.25) is 0 Å². The first-order valence-electron chi connectivity index (χ1n) is 6.26. The van der Waals surface area contributed by atoms with Crippen LogP contribution in [-0.4, -0.2) is 10.9 Å². The Bertz CT molecular complexity index is 660. The Hall–Kier alpha value is -2.20. The maximum atomic E-state index is 12.3. The molecule has 0 spiro atoms. The van der Waals surface area contributed by atoms with E-state index >= 15 is 0 Å². The van der Waals surface area contributed by atoms with Crippen molar-refractivity contribution in [1.82, 2.24) is 0 Å². The summed E-state index contributed by atoms with van der Waals surface area (Å²) in [4.78, 5) is 12.6. The monoisotopic (exact) mass is 284 g/mol. The molecule has 0 saturated heterocycles. The van der Waals surface area contributed by atoms with Crippen molar-refractivity contribution in [3.05, 3.63) is 64.7 Å². The molecular formula is C16H16N2OS. The molecule has 2 aromatic rings. The first-order chi connectivity index (χ1) is 9.49. The third-order valence-corrected chi connectivity index (χ3v) is 3.36. The predicted molar refractivity (Wildman–Crippen MR) is 86.2 cm³/mol. The zero-order valence-corrected chi connectivity index (χ0v) is 12.3. The molecule has 0 aliphatic carbocycles. The average molecular weight is 284 g/mol. The van der Waals surface area contributed by atoms with Crippen LogP contribution in [0.3, 0.4) is 0 Å². The number of hydrogen-bond acceptors (Lipinski definition) is 2. The fourth-order valence-corrected chi connectivity index (χ4v) is 2.14. The lowest BCUT2D eigenvalue weighted by Gasteiger charge is -2.11. The van der Waals surface area contributed by atoms with Crippen LogP contribution >= 0.6 is 12.2 Å². The molecule has 4 heteroatoms. The second-order valence-electron chi connectivity index (χ2n) is 4.67. The summed E-state index contributed by atoms with van der Waals surface area (Å²) in [6, 6.07) is 12.9. The Kier molecular flexibility index (Phi) is 4.15. The maximum absolute atomic E-state index is 12.3. The number of carbonyl (C=O) groups is 1. The molecule has 0 fully saturated rings. The van der Waals surface area contributed by atoms with E-state index in [0.717, 1.165) is 16.8 Å². The van der Waals surface area contributed by atoms with Crippen LogP contribution in [0.2, 0.25) is 0 Å². The van der Waals surface area contributed by atoms with Crippen LogP contribution in [0.25, 0.3) is 0 Å². The van der Waals surface area contributed by atoms with Gasteiger partial charge < -0.3 is 11.1 Å². The molecule has 0 aliphatic heterocycles. The van der Waals surface area contributed by atoms with Crippen LogP contribution in [0, 0.1) is 13.8 Å². The molecular weight excluding hydrogens is 268 g/mol. The number of para-hydroxylation sites is 1. The normalized spacial score (nSPS) is 10.1. The van der Waals surface area contributed by atoms with Gasteiger partial charge in [-0.15, -0.1) is 0 Å². The minimum absolute atomic E-state index is 0.166. The molecule has 3 nitrogen and oxygen atoms in total. The van der Waals surface area contributed by atoms with Gasteiger partial charge in [-0.25, -0.2) is 0 Å². The number of nitrogens with one attached hydrogen (secondary N) is 1. The lowest BCUT2D eigenvalue weighted by Crippen LogP contribution is -2.15. The highest BCUT2D eigenvalue weighted by atomic mass is 32.1. The molecule has 0 bridgehead atoms. The molecule has 2 aromatic carbocycles. The summed E-state index contributed by atoms with van der Waals surface area (Å²) in [5, 5.41) is 2.94. The van der Waals surface area contributed by atoms with Crippen LogP contribution in [0.4, 0.5) is 5.69 Å². The number of rotatable bonds is 3. The van der Waals surface area contributed by atoms with Gasteiger partial charge in [0, 0.05) is 16.8 Å². The number of hydrogen-bond donors (Lipinski definition) is 2. The van der Waals surface area contributed by atoms with Gasteiger partial charge in [0.1, 0.15) is 4.99 Å². The topological polar surface area (TPSA) is 55.1 Å². The summed E-state index contributed by atoms with van der Waals surface area (Å²) in [6.45, 7) is 3.93. The minimum Gasteiger partial charge on any atom is -0.389 e. The number of thiocarbonyl (C=S) groups is 1. The Labute approximate surface area is 123 Å². The largest absolute Gasteiger partial charge is 0.389 e. The first-order valence-corrected chi connectivity index (χ1v) is 6.67. The van der Waals surface area contributed by atoms with Crippen LogP contribution < -0.4 is 11.1 Å². The van der Waals surface area contributed by atoms with Crippen LogP contribution in [-0.2, 0) is 0 Å². The van der Waals surface area contributed by atoms with Gasteiger partial charge >= 0.3 is 0 Å². The summed E-state index contributed by atoms with van der Waals surface area (Å²) in [6.07, 6.45) is 0. The number of carbonyl (C=O) groups excluding carboxylic acids is 1. The standard InChI is InChI=1S/C16H16N2OS/c1-10-5-3-6-11(2)14(10)18-16(19)13-8-4-7-12(9-13)15(17)20/h3-9H,1-2H3,(H2,17,20)(H,18,19). The Morgan fingerprint density at radius 1 is 1.05 bits per heavy atom. The van der Waals surface area contributed by atoms with Gasteiger partial charge in [0.25, 0.3) is 5.91 Å². The van der Waals surface area contributed by atoms with E-state index in [1.165, 1.54) is 0 Å². The molecule has 0 atom stereocenters. The molecule has 0 unspecified atom stereocenters. The molecule has 3 N–H and O–H groups in total. The fraction of sp³-hybridized carbons (Fsp3) is 0.125. The zero-order chi connectivity index (χ0) is 14.7. The summed E-state index contributed by atoms with van der Waals surface area (Å²) in [5.41, 5.74) is 9.72. The highest BCUT2D eigenvalue weighted by Crippen LogP contribution is 2.20. The third-order valence-electron chi connectivity index (χ3n) is 3.13. The van der Waals surface area contributed by atoms with Crippen molar-refractivity contribution >= 4 is 28.8 Å². The molecule has 20 heavy (non-hydrogen) atoms. The second kappa shape index (κ2) is 5.84. The summed E-state index contributed by atoms with van der Waals surface area (Å²) in [5.74, 6) is -0.166. The van der Waals surface area contributed by atoms with Crippen LogP contribution in [0.15, 0.2) is 42.5 Å². The van der Waals surface area contributed by atoms with Crippen molar-refractivity contribution in [2.75, 3.05) is 5.32 Å². The average Bonchev–Trinajstić information content (AvgIpc) is 2.43. The molecule has 2 rings (SSSR count). The fourth-order valence-electron chi connectivity index (χ4n) is 2.01. The van der Waals surface area contributed by atoms with E-state index in [0.29, 0.717) is 11.1 Å². The van der Waals surface area contributed by atoms with E-state index in [1.807, 2.05) is 32.0 Å². The van der Waals surface area contributed by atoms with Gasteiger partial charge in [-0.05, 0) is 37.1 Å². The number of anilines is 1. The third kappa shape index (κ3) is 3.03. The van der Waals surface area contributed by atoms with E-state index in [2.05, 4.69) is 5.32 Å². The number of benzene rings is 2. The van der Waals surface area contributed by atoms with Crippen molar-refractivity contribution in [1.29, 1.82) is 0 Å². The molecule has 0 aliphatic rings. The zero-order valence-electron chi connectivity index (χ0n) is 11.4. The number of amides is 1.